The average Bonchev–Trinajstić information content (AvgIpc) is 2.02. The molecule has 0 radical (unpaired) electrons. The van der Waals surface area contributed by atoms with E-state index in [9.17, 15) is 5.11 Å². The molecule has 0 saturated carbocycles. The number of aliphatic hydroxyl groups excluding tert-OH is 4. The summed E-state index contributed by atoms with van der Waals surface area (Å²) < 4.78 is 0. The van der Waals surface area contributed by atoms with E-state index >= 15 is 0 Å². The Morgan fingerprint density at radius 2 is 1.73 bits per heavy atom. The summed E-state index contributed by atoms with van der Waals surface area (Å²) in [5.41, 5.74) is 0. The Morgan fingerprint density at radius 3 is 2.09 bits per heavy atom. The molecule has 11 heavy (non-hydrogen) atoms. The zero-order chi connectivity index (χ0) is 8.85. The summed E-state index contributed by atoms with van der Waals surface area (Å²) in [4.78, 5) is 0. The maximum Gasteiger partial charge on any atom is 0.103 e. The van der Waals surface area contributed by atoms with E-state index in [1.807, 2.05) is 0 Å². The van der Waals surface area contributed by atoms with Crippen molar-refractivity contribution in [3.05, 3.63) is 0 Å². The van der Waals surface area contributed by atoms with Gasteiger partial charge in [-0.1, -0.05) is 6.92 Å². The van der Waals surface area contributed by atoms with Gasteiger partial charge in [0.05, 0.1) is 12.7 Å². The van der Waals surface area contributed by atoms with Crippen molar-refractivity contribution < 1.29 is 20.4 Å². The zero-order valence-corrected chi connectivity index (χ0v) is 6.64. The zero-order valence-electron chi connectivity index (χ0n) is 6.64. The molecule has 0 fully saturated rings. The van der Waals surface area contributed by atoms with Crippen LogP contribution in [0.2, 0.25) is 0 Å². The Balaban J connectivity index is 3.70. The highest BCUT2D eigenvalue weighted by molar-refractivity contribution is 4.71. The lowest BCUT2D eigenvalue weighted by Crippen LogP contribution is -2.35. The third kappa shape index (κ3) is 3.67. The molecule has 3 atom stereocenters. The van der Waals surface area contributed by atoms with Crippen molar-refractivity contribution in [1.29, 1.82) is 0 Å². The highest BCUT2D eigenvalue weighted by Gasteiger charge is 2.21. The first-order valence-corrected chi connectivity index (χ1v) is 3.71. The van der Waals surface area contributed by atoms with Crippen LogP contribution < -0.4 is 0 Å². The molecular weight excluding hydrogens is 148 g/mol. The number of hydrogen-bond donors (Lipinski definition) is 4. The van der Waals surface area contributed by atoms with Crippen LogP contribution in [-0.4, -0.2) is 45.8 Å². The summed E-state index contributed by atoms with van der Waals surface area (Å²) in [6.07, 6.45) is -1.62. The minimum Gasteiger partial charge on any atom is -0.396 e. The van der Waals surface area contributed by atoms with E-state index in [1.165, 1.54) is 0 Å². The van der Waals surface area contributed by atoms with E-state index in [0.717, 1.165) is 0 Å². The van der Waals surface area contributed by atoms with Gasteiger partial charge in [0.15, 0.2) is 0 Å². The number of aliphatic hydroxyl groups is 4. The van der Waals surface area contributed by atoms with Gasteiger partial charge in [-0.3, -0.25) is 0 Å². The molecule has 0 bridgehead atoms. The molecule has 0 spiro atoms. The van der Waals surface area contributed by atoms with Gasteiger partial charge in [0, 0.05) is 6.61 Å². The second-order valence-corrected chi connectivity index (χ2v) is 2.73. The first-order valence-electron chi connectivity index (χ1n) is 3.71. The first kappa shape index (κ1) is 10.8. The maximum absolute atomic E-state index is 9.20. The molecule has 68 valence electrons. The van der Waals surface area contributed by atoms with Crippen molar-refractivity contribution >= 4 is 0 Å². The van der Waals surface area contributed by atoms with Gasteiger partial charge in [-0.15, -0.1) is 0 Å². The SMILES string of the molecule is CC(CCO)C(O)C(O)CO. The number of rotatable bonds is 5. The van der Waals surface area contributed by atoms with Gasteiger partial charge in [-0.25, -0.2) is 0 Å². The third-order valence-corrected chi connectivity index (χ3v) is 1.75. The molecule has 0 rings (SSSR count). The van der Waals surface area contributed by atoms with Crippen LogP contribution in [0, 0.1) is 5.92 Å². The molecule has 3 unspecified atom stereocenters. The normalized spacial score (nSPS) is 19.4. The second-order valence-electron chi connectivity index (χ2n) is 2.73. The predicted octanol–water partition coefficient (Wildman–Crippen LogP) is -1.28. The monoisotopic (exact) mass is 164 g/mol. The summed E-state index contributed by atoms with van der Waals surface area (Å²) in [6, 6.07) is 0. The van der Waals surface area contributed by atoms with Crippen LogP contribution in [0.25, 0.3) is 0 Å². The fraction of sp³-hybridized carbons (Fsp3) is 1.00. The van der Waals surface area contributed by atoms with Crippen LogP contribution in [0.5, 0.6) is 0 Å². The summed E-state index contributed by atoms with van der Waals surface area (Å²) in [7, 11) is 0. The van der Waals surface area contributed by atoms with Gasteiger partial charge in [0.1, 0.15) is 6.10 Å². The van der Waals surface area contributed by atoms with E-state index < -0.39 is 18.8 Å². The van der Waals surface area contributed by atoms with Gasteiger partial charge >= 0.3 is 0 Å². The quantitative estimate of drug-likeness (QED) is 0.408. The summed E-state index contributed by atoms with van der Waals surface area (Å²) >= 11 is 0. The first-order chi connectivity index (χ1) is 5.13. The van der Waals surface area contributed by atoms with Gasteiger partial charge in [0.25, 0.3) is 0 Å². The van der Waals surface area contributed by atoms with Crippen molar-refractivity contribution in [3.8, 4) is 0 Å². The van der Waals surface area contributed by atoms with Crippen LogP contribution in [0.15, 0.2) is 0 Å². The Labute approximate surface area is 66.1 Å². The fourth-order valence-corrected chi connectivity index (χ4v) is 0.862. The lowest BCUT2D eigenvalue weighted by Gasteiger charge is -2.21. The molecule has 0 aromatic carbocycles. The molecule has 4 nitrogen and oxygen atoms in total. The van der Waals surface area contributed by atoms with Gasteiger partial charge in [-0.2, -0.15) is 0 Å². The van der Waals surface area contributed by atoms with Crippen molar-refractivity contribution in [2.24, 2.45) is 5.92 Å². The van der Waals surface area contributed by atoms with Crippen molar-refractivity contribution in [2.75, 3.05) is 13.2 Å². The van der Waals surface area contributed by atoms with Gasteiger partial charge < -0.3 is 20.4 Å². The minimum absolute atomic E-state index is 0.0175. The van der Waals surface area contributed by atoms with E-state index in [4.69, 9.17) is 15.3 Å². The third-order valence-electron chi connectivity index (χ3n) is 1.75. The largest absolute Gasteiger partial charge is 0.396 e. The molecule has 0 saturated heterocycles. The van der Waals surface area contributed by atoms with Crippen molar-refractivity contribution in [2.45, 2.75) is 25.6 Å². The Bertz CT molecular complexity index is 96.4. The molecule has 0 aromatic heterocycles. The highest BCUT2D eigenvalue weighted by Crippen LogP contribution is 2.10. The molecule has 4 N–H and O–H groups in total. The maximum atomic E-state index is 9.20. The van der Waals surface area contributed by atoms with Crippen molar-refractivity contribution in [3.63, 3.8) is 0 Å². The number of hydrogen-bond acceptors (Lipinski definition) is 4. The summed E-state index contributed by atoms with van der Waals surface area (Å²) in [5, 5.41) is 35.1. The highest BCUT2D eigenvalue weighted by atomic mass is 16.4. The predicted molar refractivity (Wildman–Crippen MR) is 40.0 cm³/mol. The minimum atomic E-state index is -1.10. The molecule has 0 amide bonds. The molecule has 0 aromatic rings. The molecule has 4 heteroatoms. The van der Waals surface area contributed by atoms with E-state index in [0.29, 0.717) is 6.42 Å². The Hall–Kier alpha value is -0.160. The molecule has 0 aliphatic rings. The van der Waals surface area contributed by atoms with Crippen LogP contribution in [0.3, 0.4) is 0 Å². The lowest BCUT2D eigenvalue weighted by molar-refractivity contribution is -0.0433. The van der Waals surface area contributed by atoms with Crippen molar-refractivity contribution in [1.82, 2.24) is 0 Å². The lowest BCUT2D eigenvalue weighted by atomic mass is 9.97. The van der Waals surface area contributed by atoms with Crippen LogP contribution >= 0.6 is 0 Å². The fourth-order valence-electron chi connectivity index (χ4n) is 0.862. The Kier molecular flexibility index (Phi) is 5.41. The van der Waals surface area contributed by atoms with Gasteiger partial charge in [0.2, 0.25) is 0 Å². The smallest absolute Gasteiger partial charge is 0.103 e. The average molecular weight is 164 g/mol. The van der Waals surface area contributed by atoms with E-state index in [2.05, 4.69) is 0 Å². The van der Waals surface area contributed by atoms with E-state index in [1.54, 1.807) is 6.92 Å². The van der Waals surface area contributed by atoms with Crippen LogP contribution in [0.1, 0.15) is 13.3 Å². The second kappa shape index (κ2) is 5.49. The summed E-state index contributed by atoms with van der Waals surface area (Å²) in [5.74, 6) is -0.192. The topological polar surface area (TPSA) is 80.9 Å². The van der Waals surface area contributed by atoms with E-state index in [-0.39, 0.29) is 12.5 Å². The van der Waals surface area contributed by atoms with Crippen LogP contribution in [-0.2, 0) is 0 Å². The summed E-state index contributed by atoms with van der Waals surface area (Å²) in [6.45, 7) is 1.24. The molecule has 0 aliphatic heterocycles. The molecule has 0 aliphatic carbocycles. The standard InChI is InChI=1S/C7H16O4/c1-5(2-3-8)7(11)6(10)4-9/h5-11H,2-4H2,1H3. The molecular formula is C7H16O4. The Morgan fingerprint density at radius 1 is 1.18 bits per heavy atom. The van der Waals surface area contributed by atoms with Crippen LogP contribution in [0.4, 0.5) is 0 Å². The molecule has 0 heterocycles. The van der Waals surface area contributed by atoms with Gasteiger partial charge in [-0.05, 0) is 12.3 Å².